The molecule has 36 heavy (non-hydrogen) atoms. The summed E-state index contributed by atoms with van der Waals surface area (Å²) in [4.78, 5) is 27.3. The maximum atomic E-state index is 13.6. The lowest BCUT2D eigenvalue weighted by Crippen LogP contribution is -2.46. The molecular formula is C28H23Cl2NO5. The average molecular weight is 524 g/mol. The third-order valence-electron chi connectivity index (χ3n) is 5.72. The van der Waals surface area contributed by atoms with Crippen molar-refractivity contribution in [1.82, 2.24) is 4.90 Å². The van der Waals surface area contributed by atoms with Gasteiger partial charge in [-0.25, -0.2) is 4.79 Å². The van der Waals surface area contributed by atoms with E-state index in [-0.39, 0.29) is 23.6 Å². The smallest absolute Gasteiger partial charge is 0.326 e. The van der Waals surface area contributed by atoms with Gasteiger partial charge in [0.1, 0.15) is 23.3 Å². The van der Waals surface area contributed by atoms with Crippen LogP contribution < -0.4 is 4.74 Å². The van der Waals surface area contributed by atoms with Gasteiger partial charge in [-0.15, -0.1) is 0 Å². The van der Waals surface area contributed by atoms with Crippen molar-refractivity contribution in [3.05, 3.63) is 112 Å². The fourth-order valence-corrected chi connectivity index (χ4v) is 4.34. The Balaban J connectivity index is 1.68. The number of carboxylic acid groups (broad SMARTS) is 1. The summed E-state index contributed by atoms with van der Waals surface area (Å²) in [6.45, 7) is -0.0717. The lowest BCUT2D eigenvalue weighted by atomic mass is 10.0. The number of methoxy groups -OCH3 is 1. The van der Waals surface area contributed by atoms with Crippen molar-refractivity contribution in [3.63, 3.8) is 0 Å². The highest BCUT2D eigenvalue weighted by Gasteiger charge is 2.32. The quantitative estimate of drug-likeness (QED) is 0.267. The van der Waals surface area contributed by atoms with Crippen LogP contribution in [0.3, 0.4) is 0 Å². The summed E-state index contributed by atoms with van der Waals surface area (Å²) in [7, 11) is 1.59. The molecule has 4 aromatic rings. The van der Waals surface area contributed by atoms with E-state index in [1.54, 1.807) is 25.3 Å². The summed E-state index contributed by atoms with van der Waals surface area (Å²) >= 11 is 12.3. The molecule has 0 bridgehead atoms. The first-order valence-corrected chi connectivity index (χ1v) is 11.9. The molecule has 0 saturated heterocycles. The molecule has 1 unspecified atom stereocenters. The van der Waals surface area contributed by atoms with Crippen LogP contribution in [0.1, 0.15) is 21.7 Å². The molecule has 0 aliphatic carbocycles. The molecule has 1 N–H and O–H groups in total. The Morgan fingerprint density at radius 3 is 2.33 bits per heavy atom. The van der Waals surface area contributed by atoms with Crippen LogP contribution in [-0.4, -0.2) is 35.0 Å². The molecule has 0 fully saturated rings. The van der Waals surface area contributed by atoms with Crippen molar-refractivity contribution in [3.8, 4) is 17.1 Å². The molecule has 3 aromatic carbocycles. The molecular weight excluding hydrogens is 501 g/mol. The van der Waals surface area contributed by atoms with Gasteiger partial charge in [0.15, 0.2) is 0 Å². The number of benzene rings is 3. The predicted octanol–water partition coefficient (Wildman–Crippen LogP) is 6.60. The summed E-state index contributed by atoms with van der Waals surface area (Å²) < 4.78 is 11.2. The van der Waals surface area contributed by atoms with E-state index in [0.29, 0.717) is 22.3 Å². The zero-order chi connectivity index (χ0) is 25.7. The van der Waals surface area contributed by atoms with Crippen molar-refractivity contribution in [2.45, 2.75) is 19.0 Å². The molecule has 4 rings (SSSR count). The molecule has 0 aliphatic heterocycles. The largest absolute Gasteiger partial charge is 0.497 e. The highest BCUT2D eigenvalue weighted by molar-refractivity contribution is 6.36. The summed E-state index contributed by atoms with van der Waals surface area (Å²) in [6.07, 6.45) is 0.110. The van der Waals surface area contributed by atoms with Crippen LogP contribution in [0.4, 0.5) is 0 Å². The van der Waals surface area contributed by atoms with Crippen LogP contribution in [0, 0.1) is 0 Å². The van der Waals surface area contributed by atoms with Crippen LogP contribution in [0.5, 0.6) is 5.75 Å². The fraction of sp³-hybridized carbons (Fsp3) is 0.143. The summed E-state index contributed by atoms with van der Waals surface area (Å²) in [5, 5.41) is 10.6. The van der Waals surface area contributed by atoms with Gasteiger partial charge < -0.3 is 19.2 Å². The Labute approximate surface area is 218 Å². The first kappa shape index (κ1) is 25.4. The minimum atomic E-state index is -1.17. The normalized spacial score (nSPS) is 11.6. The number of halogens is 2. The molecule has 1 amide bonds. The van der Waals surface area contributed by atoms with Gasteiger partial charge in [-0.1, -0.05) is 53.5 Å². The van der Waals surface area contributed by atoms with E-state index in [1.807, 2.05) is 54.6 Å². The Morgan fingerprint density at radius 1 is 0.972 bits per heavy atom. The highest BCUT2D eigenvalue weighted by Crippen LogP contribution is 2.28. The molecule has 0 spiro atoms. The minimum absolute atomic E-state index is 0.0717. The molecule has 184 valence electrons. The summed E-state index contributed by atoms with van der Waals surface area (Å²) in [5.74, 6) is 0.0482. The standard InChI is InChI=1S/C28H23Cl2NO5/c1-35-21-10-7-19(8-11-21)26-14-12-22(36-26)17-31(27(32)23-13-9-20(29)16-24(23)30)25(28(33)34)15-18-5-3-2-4-6-18/h2-14,16,25H,15,17H2,1H3,(H,33,34). The summed E-state index contributed by atoms with van der Waals surface area (Å²) in [6, 6.07) is 23.3. The van der Waals surface area contributed by atoms with Crippen molar-refractivity contribution in [2.75, 3.05) is 7.11 Å². The number of nitrogens with zero attached hydrogens (tertiary/aromatic N) is 1. The van der Waals surface area contributed by atoms with E-state index in [1.165, 1.54) is 17.0 Å². The summed E-state index contributed by atoms with van der Waals surface area (Å²) in [5.41, 5.74) is 1.75. The number of carbonyl (C=O) groups excluding carboxylic acids is 1. The van der Waals surface area contributed by atoms with Crippen LogP contribution in [0.15, 0.2) is 89.3 Å². The van der Waals surface area contributed by atoms with Crippen molar-refractivity contribution in [1.29, 1.82) is 0 Å². The van der Waals surface area contributed by atoms with Gasteiger partial charge in [0.25, 0.3) is 5.91 Å². The van der Waals surface area contributed by atoms with Crippen LogP contribution in [0.25, 0.3) is 11.3 Å². The van der Waals surface area contributed by atoms with Crippen molar-refractivity contribution in [2.24, 2.45) is 0 Å². The van der Waals surface area contributed by atoms with Gasteiger partial charge in [-0.3, -0.25) is 4.79 Å². The number of amides is 1. The Hall–Kier alpha value is -3.74. The monoisotopic (exact) mass is 523 g/mol. The van der Waals surface area contributed by atoms with E-state index in [0.717, 1.165) is 11.1 Å². The van der Waals surface area contributed by atoms with Gasteiger partial charge in [0, 0.05) is 17.0 Å². The molecule has 8 heteroatoms. The molecule has 1 heterocycles. The maximum absolute atomic E-state index is 13.6. The lowest BCUT2D eigenvalue weighted by molar-refractivity contribution is -0.142. The molecule has 0 saturated carbocycles. The maximum Gasteiger partial charge on any atom is 0.326 e. The van der Waals surface area contributed by atoms with Gasteiger partial charge in [0.05, 0.1) is 24.2 Å². The minimum Gasteiger partial charge on any atom is -0.497 e. The number of ether oxygens (including phenoxy) is 1. The Morgan fingerprint density at radius 2 is 1.69 bits per heavy atom. The average Bonchev–Trinajstić information content (AvgIpc) is 3.35. The van der Waals surface area contributed by atoms with E-state index in [4.69, 9.17) is 32.4 Å². The van der Waals surface area contributed by atoms with Crippen LogP contribution in [0.2, 0.25) is 10.0 Å². The number of aliphatic carboxylic acids is 1. The highest BCUT2D eigenvalue weighted by atomic mass is 35.5. The van der Waals surface area contributed by atoms with Gasteiger partial charge in [-0.05, 0) is 60.2 Å². The molecule has 0 radical (unpaired) electrons. The zero-order valence-electron chi connectivity index (χ0n) is 19.4. The van der Waals surface area contributed by atoms with E-state index in [2.05, 4.69) is 0 Å². The fourth-order valence-electron chi connectivity index (χ4n) is 3.85. The van der Waals surface area contributed by atoms with E-state index >= 15 is 0 Å². The number of carbonyl (C=O) groups is 2. The molecule has 0 aliphatic rings. The predicted molar refractivity (Wildman–Crippen MR) is 139 cm³/mol. The first-order valence-electron chi connectivity index (χ1n) is 11.1. The third kappa shape index (κ3) is 5.90. The second kappa shape index (κ2) is 11.3. The lowest BCUT2D eigenvalue weighted by Gasteiger charge is -2.29. The van der Waals surface area contributed by atoms with E-state index in [9.17, 15) is 14.7 Å². The van der Waals surface area contributed by atoms with Crippen molar-refractivity contribution >= 4 is 35.1 Å². The van der Waals surface area contributed by atoms with Gasteiger partial charge in [0.2, 0.25) is 0 Å². The molecule has 1 atom stereocenters. The number of hydrogen-bond donors (Lipinski definition) is 1. The Bertz CT molecular complexity index is 1350. The molecule has 6 nitrogen and oxygen atoms in total. The third-order valence-corrected chi connectivity index (χ3v) is 6.27. The zero-order valence-corrected chi connectivity index (χ0v) is 20.9. The van der Waals surface area contributed by atoms with Crippen molar-refractivity contribution < 1.29 is 23.8 Å². The number of hydrogen-bond acceptors (Lipinski definition) is 4. The number of furan rings is 1. The SMILES string of the molecule is COc1ccc(-c2ccc(CN(C(=O)c3ccc(Cl)cc3Cl)C(Cc3ccccc3)C(=O)O)o2)cc1. The second-order valence-electron chi connectivity index (χ2n) is 8.10. The Kier molecular flexibility index (Phi) is 7.98. The van der Waals surface area contributed by atoms with Gasteiger partial charge in [-0.2, -0.15) is 0 Å². The topological polar surface area (TPSA) is 80.0 Å². The van der Waals surface area contributed by atoms with Crippen LogP contribution >= 0.6 is 23.2 Å². The number of carboxylic acids is 1. The van der Waals surface area contributed by atoms with E-state index < -0.39 is 17.9 Å². The number of rotatable bonds is 9. The second-order valence-corrected chi connectivity index (χ2v) is 8.94. The first-order chi connectivity index (χ1) is 17.4. The van der Waals surface area contributed by atoms with Gasteiger partial charge >= 0.3 is 5.97 Å². The molecule has 1 aromatic heterocycles. The van der Waals surface area contributed by atoms with Crippen LogP contribution in [-0.2, 0) is 17.8 Å².